The number of piperazine rings is 2. The molecular weight excluding hydrogens is 945 g/mol. The van der Waals surface area contributed by atoms with Crippen molar-refractivity contribution >= 4 is 41.8 Å². The van der Waals surface area contributed by atoms with Gasteiger partial charge in [-0.3, -0.25) is 29.0 Å². The molecule has 8 atom stereocenters. The van der Waals surface area contributed by atoms with E-state index in [0.717, 1.165) is 19.6 Å². The van der Waals surface area contributed by atoms with Gasteiger partial charge in [0, 0.05) is 64.1 Å². The van der Waals surface area contributed by atoms with E-state index in [-0.39, 0.29) is 71.0 Å². The van der Waals surface area contributed by atoms with E-state index in [1.165, 1.54) is 9.80 Å². The molecule has 0 unspecified atom stereocenters. The molecule has 0 bridgehead atoms. The number of carboxylic acids is 1. The Morgan fingerprint density at radius 3 is 1.26 bits per heavy atom. The first-order valence-corrected chi connectivity index (χ1v) is 22.8. The van der Waals surface area contributed by atoms with E-state index in [9.17, 15) is 73.1 Å². The molecule has 7 rings (SSSR count). The van der Waals surface area contributed by atoms with Gasteiger partial charge in [0.2, 0.25) is 11.8 Å². The van der Waals surface area contributed by atoms with Crippen LogP contribution in [0.2, 0.25) is 0 Å². The molecule has 0 aromatic rings. The number of rotatable bonds is 3. The predicted octanol–water partition coefficient (Wildman–Crippen LogP) is 4.75. The number of halogens is 9. The maximum Gasteiger partial charge on any atom is 0.471 e. The molecule has 2 N–H and O–H groups in total. The molecule has 5 aliphatic heterocycles. The summed E-state index contributed by atoms with van der Waals surface area (Å²) in [4.78, 5) is 90.6. The van der Waals surface area contributed by atoms with Crippen molar-refractivity contribution in [3.63, 3.8) is 0 Å². The van der Waals surface area contributed by atoms with Crippen LogP contribution in [0.1, 0.15) is 100 Å². The van der Waals surface area contributed by atoms with Gasteiger partial charge in [0.15, 0.2) is 0 Å². The van der Waals surface area contributed by atoms with Crippen LogP contribution >= 0.6 is 0 Å². The third-order valence-corrected chi connectivity index (χ3v) is 12.9. The second-order valence-electron chi connectivity index (χ2n) is 21.0. The van der Waals surface area contributed by atoms with Crippen molar-refractivity contribution in [1.29, 1.82) is 0 Å². The Balaban J connectivity index is 0.000000203. The Bertz CT molecular complexity index is 1970. The molecule has 0 aromatic heterocycles. The second kappa shape index (κ2) is 19.8. The monoisotopic (exact) mass is 1010 g/mol. The molecule has 0 aromatic carbocycles. The molecule has 5 heterocycles. The molecule has 392 valence electrons. The van der Waals surface area contributed by atoms with Crippen LogP contribution < -0.4 is 5.32 Å². The number of alkyl halides is 9. The van der Waals surface area contributed by atoms with Crippen molar-refractivity contribution in [2.24, 2.45) is 0 Å². The van der Waals surface area contributed by atoms with Gasteiger partial charge in [-0.05, 0) is 81.1 Å². The van der Waals surface area contributed by atoms with E-state index in [4.69, 9.17) is 14.6 Å². The Morgan fingerprint density at radius 1 is 0.551 bits per heavy atom. The van der Waals surface area contributed by atoms with E-state index < -0.39 is 119 Å². The maximum absolute atomic E-state index is 14.1. The summed E-state index contributed by atoms with van der Waals surface area (Å²) in [5.74, 6) is -5.76. The van der Waals surface area contributed by atoms with E-state index in [1.807, 2.05) is 0 Å². The number of ether oxygens (including phenoxy) is 2. The number of carbonyl (C=O) groups is 7. The second-order valence-corrected chi connectivity index (χ2v) is 21.0. The number of nitrogens with one attached hydrogen (secondary N) is 1. The zero-order valence-corrected chi connectivity index (χ0v) is 39.7. The van der Waals surface area contributed by atoms with Gasteiger partial charge in [-0.2, -0.15) is 26.3 Å². The highest BCUT2D eigenvalue weighted by Crippen LogP contribution is 2.48. The largest absolute Gasteiger partial charge is 0.480 e. The fraction of sp³-hybridized carbons (Fsp3) is 0.837. The Kier molecular flexibility index (Phi) is 15.8. The van der Waals surface area contributed by atoms with Crippen molar-refractivity contribution in [2.45, 2.75) is 184 Å². The molecular formula is C43H62F9N7O10. The first kappa shape index (κ1) is 55.2. The zero-order valence-electron chi connectivity index (χ0n) is 39.7. The smallest absolute Gasteiger partial charge is 0.471 e. The van der Waals surface area contributed by atoms with Gasteiger partial charge in [-0.15, -0.1) is 0 Å². The first-order chi connectivity index (χ1) is 31.5. The van der Waals surface area contributed by atoms with Gasteiger partial charge in [0.05, 0.1) is 30.2 Å². The van der Waals surface area contributed by atoms with Crippen LogP contribution in [0.5, 0.6) is 0 Å². The lowest BCUT2D eigenvalue weighted by molar-refractivity contribution is -0.193. The molecule has 2 spiro atoms. The molecule has 69 heavy (non-hydrogen) atoms. The highest BCUT2D eigenvalue weighted by Gasteiger charge is 2.62. The van der Waals surface area contributed by atoms with Gasteiger partial charge in [0.25, 0.3) is 0 Å². The summed E-state index contributed by atoms with van der Waals surface area (Å²) in [6, 6.07) is -4.06. The molecule has 5 saturated heterocycles. The number of hydrogen-bond donors (Lipinski definition) is 2. The Labute approximate surface area is 393 Å². The van der Waals surface area contributed by atoms with Gasteiger partial charge >= 0.3 is 42.3 Å². The van der Waals surface area contributed by atoms with Crippen molar-refractivity contribution in [2.75, 3.05) is 45.8 Å². The molecule has 2 aliphatic carbocycles. The SMILES string of the molecule is CC(C)(C)OC(=O)N1C[C@H](F)C[C@H]1C(=O)O.C[C@@H]1CN(C(=O)C(F)(F)F)C2(CC2)CN1C(=O)[C@@H]1C[C@@H](F)CN1.C[C@@H]1CN(C(=O)C(F)(F)F)C2(CC2)CN1C(=O)[C@@H]1C[C@@H](F)CN1C(=O)OC(C)(C)C. The summed E-state index contributed by atoms with van der Waals surface area (Å²) in [6.45, 7) is 12.4. The number of likely N-dealkylation sites (tertiary alicyclic amines) is 2. The highest BCUT2D eigenvalue weighted by molar-refractivity contribution is 5.89. The van der Waals surface area contributed by atoms with Gasteiger partial charge < -0.3 is 39.5 Å². The van der Waals surface area contributed by atoms with Crippen LogP contribution in [0.4, 0.5) is 49.1 Å². The number of aliphatic carboxylic acids is 1. The standard InChI is InChI=1S/C19H27F4N3O4.C14H19F4N3O2.C10H16FNO4/c1-11-8-26(15(28)19(21,22)23)18(5-6-18)10-25(11)14(27)13-7-12(20)9-24(13)16(29)30-17(2,3)4;1-8-6-21(12(23)14(16,17)18)13(2-3-13)7-20(8)11(22)10-4-9(15)5-19-10;1-10(2,3)16-9(15)12-5-6(11)4-7(12)8(13)14/h11-13H,5-10H2,1-4H3;8-10,19H,2-7H2,1H3;6-7H,4-5H2,1-3H3,(H,13,14)/t11-,12-,13+;8-,9-,10+;6-,7+/m111/s1. The average Bonchev–Trinajstić information content (AvgIpc) is 4.00. The Morgan fingerprint density at radius 2 is 0.928 bits per heavy atom. The molecule has 26 heteroatoms. The van der Waals surface area contributed by atoms with Crippen molar-refractivity contribution < 1.29 is 87.7 Å². The quantitative estimate of drug-likeness (QED) is 0.372. The summed E-state index contributed by atoms with van der Waals surface area (Å²) < 4.78 is 128. The van der Waals surface area contributed by atoms with Crippen molar-refractivity contribution in [3.8, 4) is 0 Å². The van der Waals surface area contributed by atoms with Crippen LogP contribution in [-0.2, 0) is 33.4 Å². The molecule has 7 aliphatic rings. The average molecular weight is 1010 g/mol. The number of hydrogen-bond acceptors (Lipinski definition) is 10. The van der Waals surface area contributed by atoms with Gasteiger partial charge in [-0.25, -0.2) is 27.6 Å². The molecule has 17 nitrogen and oxygen atoms in total. The minimum absolute atomic E-state index is 0.0650. The van der Waals surface area contributed by atoms with Gasteiger partial charge in [-0.1, -0.05) is 0 Å². The van der Waals surface area contributed by atoms with Crippen LogP contribution in [0.3, 0.4) is 0 Å². The third-order valence-electron chi connectivity index (χ3n) is 12.9. The number of carbonyl (C=O) groups excluding carboxylic acids is 6. The lowest BCUT2D eigenvalue weighted by Crippen LogP contribution is -2.65. The number of carboxylic acid groups (broad SMARTS) is 1. The fourth-order valence-corrected chi connectivity index (χ4v) is 9.22. The minimum atomic E-state index is -4.98. The third kappa shape index (κ3) is 13.2. The maximum atomic E-state index is 14.1. The lowest BCUT2D eigenvalue weighted by atomic mass is 10.0. The normalized spacial score (nSPS) is 29.5. The van der Waals surface area contributed by atoms with Crippen LogP contribution in [0, 0.1) is 0 Å². The number of amides is 6. The summed E-state index contributed by atoms with van der Waals surface area (Å²) in [6.07, 6.45) is -13.9. The highest BCUT2D eigenvalue weighted by atomic mass is 19.4. The van der Waals surface area contributed by atoms with E-state index in [2.05, 4.69) is 5.32 Å². The summed E-state index contributed by atoms with van der Waals surface area (Å²) in [7, 11) is 0. The summed E-state index contributed by atoms with van der Waals surface area (Å²) in [5.41, 5.74) is -3.48. The first-order valence-electron chi connectivity index (χ1n) is 22.8. The topological polar surface area (TPSA) is 190 Å². The lowest BCUT2D eigenvalue weighted by Gasteiger charge is -2.47. The number of nitrogens with zero attached hydrogens (tertiary/aromatic N) is 6. The molecule has 7 fully saturated rings. The molecule has 0 radical (unpaired) electrons. The van der Waals surface area contributed by atoms with Crippen LogP contribution in [-0.4, -0.2) is 205 Å². The molecule has 2 saturated carbocycles. The van der Waals surface area contributed by atoms with E-state index in [1.54, 1.807) is 55.4 Å². The minimum Gasteiger partial charge on any atom is -0.480 e. The van der Waals surface area contributed by atoms with Crippen LogP contribution in [0.15, 0.2) is 0 Å². The van der Waals surface area contributed by atoms with Crippen molar-refractivity contribution in [1.82, 2.24) is 34.7 Å². The van der Waals surface area contributed by atoms with Crippen molar-refractivity contribution in [3.05, 3.63) is 0 Å². The zero-order chi connectivity index (χ0) is 52.1. The molecule has 6 amide bonds. The van der Waals surface area contributed by atoms with Crippen LogP contribution in [0.25, 0.3) is 0 Å². The summed E-state index contributed by atoms with van der Waals surface area (Å²) >= 11 is 0. The fourth-order valence-electron chi connectivity index (χ4n) is 9.22. The van der Waals surface area contributed by atoms with E-state index in [0.29, 0.717) is 25.7 Å². The van der Waals surface area contributed by atoms with Gasteiger partial charge in [0.1, 0.15) is 41.8 Å². The Hall–Kier alpha value is -4.78. The predicted molar refractivity (Wildman–Crippen MR) is 223 cm³/mol. The van der Waals surface area contributed by atoms with E-state index >= 15 is 0 Å². The summed E-state index contributed by atoms with van der Waals surface area (Å²) in [5, 5.41) is 11.6.